The number of carboxylic acid groups (broad SMARTS) is 1. The number of hydrogen-bond acceptors (Lipinski definition) is 7. The van der Waals surface area contributed by atoms with E-state index in [4.69, 9.17) is 8.92 Å². The lowest BCUT2D eigenvalue weighted by molar-refractivity contribution is -0.149. The zero-order chi connectivity index (χ0) is 25.4. The molecule has 10 nitrogen and oxygen atoms in total. The molecule has 1 saturated carbocycles. The van der Waals surface area contributed by atoms with Crippen molar-refractivity contribution < 1.29 is 36.8 Å². The van der Waals surface area contributed by atoms with Gasteiger partial charge in [0.15, 0.2) is 0 Å². The van der Waals surface area contributed by atoms with Gasteiger partial charge in [0.1, 0.15) is 17.5 Å². The number of fused-ring (bicyclic) bond motifs is 1. The predicted molar refractivity (Wildman–Crippen MR) is 124 cm³/mol. The molecule has 1 aliphatic carbocycles. The van der Waals surface area contributed by atoms with Crippen LogP contribution in [0.1, 0.15) is 35.7 Å². The van der Waals surface area contributed by atoms with Crippen molar-refractivity contribution in [3.8, 4) is 11.5 Å². The standard InChI is InChI=1S/C24H26N2O8S/c1-24-11-18(23(29)30)26(20(24)12-24)21(27)13-25-22(28)15-8-9-19(34-17-6-4-3-5-7-17)16(10-15)14-33-35(2,31)32/h3-10,18,20H,11-14H2,1-2H3,(H,25,28)(H,29,30)/t18-,20-,24+/m0/s1. The number of benzene rings is 2. The smallest absolute Gasteiger partial charge is 0.326 e. The van der Waals surface area contributed by atoms with Crippen LogP contribution in [0.15, 0.2) is 48.5 Å². The zero-order valence-corrected chi connectivity index (χ0v) is 20.1. The van der Waals surface area contributed by atoms with E-state index >= 15 is 0 Å². The van der Waals surface area contributed by atoms with Crippen molar-refractivity contribution in [1.29, 1.82) is 0 Å². The second-order valence-corrected chi connectivity index (χ2v) is 10.8. The van der Waals surface area contributed by atoms with Crippen LogP contribution in [-0.2, 0) is 30.5 Å². The Morgan fingerprint density at radius 1 is 1.14 bits per heavy atom. The van der Waals surface area contributed by atoms with E-state index in [1.807, 2.05) is 13.0 Å². The highest BCUT2D eigenvalue weighted by atomic mass is 32.2. The maximum Gasteiger partial charge on any atom is 0.326 e. The Kier molecular flexibility index (Phi) is 6.56. The quantitative estimate of drug-likeness (QED) is 0.497. The molecule has 0 bridgehead atoms. The van der Waals surface area contributed by atoms with Crippen molar-refractivity contribution >= 4 is 27.9 Å². The summed E-state index contributed by atoms with van der Waals surface area (Å²) in [6.45, 7) is 1.25. The summed E-state index contributed by atoms with van der Waals surface area (Å²) in [4.78, 5) is 38.4. The van der Waals surface area contributed by atoms with Gasteiger partial charge < -0.3 is 20.1 Å². The number of rotatable bonds is 9. The minimum Gasteiger partial charge on any atom is -0.480 e. The van der Waals surface area contributed by atoms with Gasteiger partial charge in [-0.3, -0.25) is 13.8 Å². The van der Waals surface area contributed by atoms with E-state index in [-0.39, 0.29) is 30.2 Å². The van der Waals surface area contributed by atoms with Gasteiger partial charge in [-0.25, -0.2) is 4.79 Å². The fraction of sp³-hybridized carbons (Fsp3) is 0.375. The minimum atomic E-state index is -3.75. The SMILES string of the molecule is C[C@@]12C[C@@H]1N(C(=O)CNC(=O)c1ccc(Oc3ccccc3)c(COS(C)(=O)=O)c1)[C@H](C(=O)O)C2. The number of likely N-dealkylation sites (tertiary alicyclic amines) is 1. The van der Waals surface area contributed by atoms with Crippen molar-refractivity contribution in [2.24, 2.45) is 5.41 Å². The van der Waals surface area contributed by atoms with E-state index in [2.05, 4.69) is 5.32 Å². The van der Waals surface area contributed by atoms with Crippen molar-refractivity contribution in [1.82, 2.24) is 10.2 Å². The molecule has 0 spiro atoms. The summed E-state index contributed by atoms with van der Waals surface area (Å²) in [5, 5.41) is 12.0. The van der Waals surface area contributed by atoms with Gasteiger partial charge in [-0.15, -0.1) is 0 Å². The van der Waals surface area contributed by atoms with Gasteiger partial charge in [-0.2, -0.15) is 8.42 Å². The fourth-order valence-corrected chi connectivity index (χ4v) is 4.76. The van der Waals surface area contributed by atoms with E-state index in [9.17, 15) is 27.9 Å². The Bertz CT molecular complexity index is 1260. The first-order valence-corrected chi connectivity index (χ1v) is 12.8. The van der Waals surface area contributed by atoms with Gasteiger partial charge >= 0.3 is 5.97 Å². The molecule has 186 valence electrons. The lowest BCUT2D eigenvalue weighted by Crippen LogP contribution is -2.47. The van der Waals surface area contributed by atoms with Gasteiger partial charge in [0.05, 0.1) is 19.4 Å². The summed E-state index contributed by atoms with van der Waals surface area (Å²) < 4.78 is 33.7. The maximum atomic E-state index is 12.8. The molecule has 35 heavy (non-hydrogen) atoms. The van der Waals surface area contributed by atoms with Crippen LogP contribution >= 0.6 is 0 Å². The summed E-state index contributed by atoms with van der Waals surface area (Å²) in [6, 6.07) is 12.2. The average molecular weight is 503 g/mol. The molecule has 1 heterocycles. The monoisotopic (exact) mass is 502 g/mol. The number of nitrogens with zero attached hydrogens (tertiary/aromatic N) is 1. The number of nitrogens with one attached hydrogen (secondary N) is 1. The number of ether oxygens (including phenoxy) is 1. The third kappa shape index (κ3) is 5.63. The molecule has 0 aromatic heterocycles. The van der Waals surface area contributed by atoms with E-state index in [0.29, 0.717) is 23.5 Å². The Labute approximate surface area is 203 Å². The molecule has 2 amide bonds. The largest absolute Gasteiger partial charge is 0.480 e. The number of para-hydroxylation sites is 1. The Morgan fingerprint density at radius 2 is 1.86 bits per heavy atom. The third-order valence-corrected chi connectivity index (χ3v) is 6.88. The molecule has 1 aliphatic heterocycles. The molecule has 0 radical (unpaired) electrons. The van der Waals surface area contributed by atoms with Crippen LogP contribution in [0.2, 0.25) is 0 Å². The molecule has 2 aliphatic rings. The Hall–Kier alpha value is -3.44. The topological polar surface area (TPSA) is 139 Å². The summed E-state index contributed by atoms with van der Waals surface area (Å²) in [5.41, 5.74) is 0.307. The zero-order valence-electron chi connectivity index (χ0n) is 19.3. The van der Waals surface area contributed by atoms with E-state index in [1.54, 1.807) is 24.3 Å². The number of piperidine rings is 1. The Morgan fingerprint density at radius 3 is 2.51 bits per heavy atom. The molecular weight excluding hydrogens is 476 g/mol. The summed E-state index contributed by atoms with van der Waals surface area (Å²) in [5.74, 6) is -1.26. The van der Waals surface area contributed by atoms with Crippen molar-refractivity contribution in [3.05, 3.63) is 59.7 Å². The average Bonchev–Trinajstić information content (AvgIpc) is 3.36. The van der Waals surface area contributed by atoms with Gasteiger partial charge in [-0.1, -0.05) is 25.1 Å². The summed E-state index contributed by atoms with van der Waals surface area (Å²) in [7, 11) is -3.75. The third-order valence-electron chi connectivity index (χ3n) is 6.33. The van der Waals surface area contributed by atoms with Gasteiger partial charge in [0, 0.05) is 17.2 Å². The van der Waals surface area contributed by atoms with E-state index in [0.717, 1.165) is 12.7 Å². The molecule has 4 rings (SSSR count). The Balaban J connectivity index is 1.47. The van der Waals surface area contributed by atoms with Crippen molar-refractivity contribution in [2.45, 2.75) is 38.5 Å². The molecule has 11 heteroatoms. The summed E-state index contributed by atoms with van der Waals surface area (Å²) in [6.07, 6.45) is 2.07. The molecular formula is C24H26N2O8S. The molecule has 2 N–H and O–H groups in total. The van der Waals surface area contributed by atoms with Crippen LogP contribution < -0.4 is 10.1 Å². The highest BCUT2D eigenvalue weighted by Gasteiger charge is 2.64. The predicted octanol–water partition coefficient (Wildman–Crippen LogP) is 2.15. The fourth-order valence-electron chi connectivity index (χ4n) is 4.42. The number of aliphatic carboxylic acids is 1. The van der Waals surface area contributed by atoms with Crippen molar-refractivity contribution in [3.63, 3.8) is 0 Å². The normalized spacial score (nSPS) is 22.9. The first kappa shape index (κ1) is 24.7. The van der Waals surface area contributed by atoms with Gasteiger partial charge in [0.25, 0.3) is 16.0 Å². The molecule has 1 saturated heterocycles. The molecule has 2 aromatic carbocycles. The number of carboxylic acids is 1. The second-order valence-electron chi connectivity index (χ2n) is 9.12. The number of carbonyl (C=O) groups is 3. The maximum absolute atomic E-state index is 12.8. The number of hydrogen-bond donors (Lipinski definition) is 2. The number of carbonyl (C=O) groups excluding carboxylic acids is 2. The summed E-state index contributed by atoms with van der Waals surface area (Å²) >= 11 is 0. The van der Waals surface area contributed by atoms with Crippen molar-refractivity contribution in [2.75, 3.05) is 12.8 Å². The van der Waals surface area contributed by atoms with E-state index in [1.165, 1.54) is 23.1 Å². The lowest BCUT2D eigenvalue weighted by Gasteiger charge is -2.24. The second kappa shape index (κ2) is 9.31. The van der Waals surface area contributed by atoms with Gasteiger partial charge in [-0.05, 0) is 48.6 Å². The highest BCUT2D eigenvalue weighted by molar-refractivity contribution is 7.85. The lowest BCUT2D eigenvalue weighted by atomic mass is 10.0. The first-order valence-electron chi connectivity index (χ1n) is 11.0. The molecule has 2 fully saturated rings. The van der Waals surface area contributed by atoms with Crippen LogP contribution in [0.25, 0.3) is 0 Å². The van der Waals surface area contributed by atoms with Crippen LogP contribution in [-0.4, -0.2) is 61.1 Å². The highest BCUT2D eigenvalue weighted by Crippen LogP contribution is 2.59. The minimum absolute atomic E-state index is 0.123. The van der Waals surface area contributed by atoms with Crippen LogP contribution in [0.3, 0.4) is 0 Å². The molecule has 3 atom stereocenters. The first-order chi connectivity index (χ1) is 16.5. The van der Waals surface area contributed by atoms with Crippen LogP contribution in [0.4, 0.5) is 0 Å². The molecule has 2 aromatic rings. The van der Waals surface area contributed by atoms with Crippen LogP contribution in [0.5, 0.6) is 11.5 Å². The number of amides is 2. The van der Waals surface area contributed by atoms with E-state index < -0.39 is 33.9 Å². The van der Waals surface area contributed by atoms with Gasteiger partial charge in [0.2, 0.25) is 5.91 Å². The van der Waals surface area contributed by atoms with Crippen LogP contribution in [0, 0.1) is 5.41 Å². The molecule has 0 unspecified atom stereocenters.